The fraction of sp³-hybridized carbons (Fsp3) is 0.400. The highest BCUT2D eigenvalue weighted by Crippen LogP contribution is 2.15. The number of nitrogens with zero attached hydrogens (tertiary/aromatic N) is 2. The van der Waals surface area contributed by atoms with Gasteiger partial charge in [0.1, 0.15) is 18.9 Å². The van der Waals surface area contributed by atoms with E-state index in [0.29, 0.717) is 24.7 Å². The molecule has 0 saturated heterocycles. The summed E-state index contributed by atoms with van der Waals surface area (Å²) in [5, 5.41) is 3.88. The molecule has 0 amide bonds. The van der Waals surface area contributed by atoms with Gasteiger partial charge >= 0.3 is 0 Å². The van der Waals surface area contributed by atoms with E-state index >= 15 is 0 Å². The van der Waals surface area contributed by atoms with Crippen molar-refractivity contribution < 1.29 is 4.74 Å². The fourth-order valence-corrected chi connectivity index (χ4v) is 1.65. The Hall–Kier alpha value is -1.86. The molecule has 0 bridgehead atoms. The van der Waals surface area contributed by atoms with Gasteiger partial charge in [-0.15, -0.1) is 6.42 Å². The summed E-state index contributed by atoms with van der Waals surface area (Å²) in [6, 6.07) is 7.30. The zero-order chi connectivity index (χ0) is 14.8. The van der Waals surface area contributed by atoms with Crippen molar-refractivity contribution in [1.82, 2.24) is 10.2 Å². The van der Waals surface area contributed by atoms with Crippen LogP contribution >= 0.6 is 11.6 Å². The fourth-order valence-electron chi connectivity index (χ4n) is 1.53. The van der Waals surface area contributed by atoms with Gasteiger partial charge in [-0.2, -0.15) is 0 Å². The maximum absolute atomic E-state index is 5.82. The number of nitrogens with one attached hydrogen (secondary N) is 1. The summed E-state index contributed by atoms with van der Waals surface area (Å²) in [7, 11) is 1.95. The van der Waals surface area contributed by atoms with Crippen LogP contribution in [-0.4, -0.2) is 44.1 Å². The standard InChI is InChI=1S/C15H20ClN3O/c1-4-10-18-15(17-5-2)19(3)11-12-20-14-8-6-13(16)7-9-14/h1,6-9H,5,10-12H2,2-3H3,(H,17,18). The number of benzene rings is 1. The minimum atomic E-state index is 0.366. The predicted octanol–water partition coefficient (Wildman–Crippen LogP) is 2.25. The van der Waals surface area contributed by atoms with Gasteiger partial charge in [-0.25, -0.2) is 4.99 Å². The highest BCUT2D eigenvalue weighted by molar-refractivity contribution is 6.30. The Morgan fingerprint density at radius 3 is 2.75 bits per heavy atom. The largest absolute Gasteiger partial charge is 0.492 e. The molecule has 0 heterocycles. The molecule has 0 atom stereocenters. The van der Waals surface area contributed by atoms with Crippen LogP contribution in [0.1, 0.15) is 6.92 Å². The van der Waals surface area contributed by atoms with Crippen molar-refractivity contribution >= 4 is 17.6 Å². The molecule has 108 valence electrons. The second-order valence-electron chi connectivity index (χ2n) is 4.10. The molecule has 0 aliphatic rings. The number of guanidine groups is 1. The average molecular weight is 294 g/mol. The van der Waals surface area contributed by atoms with Crippen LogP contribution in [0.5, 0.6) is 5.75 Å². The number of ether oxygens (including phenoxy) is 1. The normalized spacial score (nSPS) is 10.8. The molecule has 1 aromatic rings. The number of hydrogen-bond donors (Lipinski definition) is 1. The highest BCUT2D eigenvalue weighted by atomic mass is 35.5. The van der Waals surface area contributed by atoms with Crippen molar-refractivity contribution in [3.8, 4) is 18.1 Å². The molecule has 4 nitrogen and oxygen atoms in total. The minimum Gasteiger partial charge on any atom is -0.492 e. The van der Waals surface area contributed by atoms with E-state index in [1.165, 1.54) is 0 Å². The molecular weight excluding hydrogens is 274 g/mol. The van der Waals surface area contributed by atoms with E-state index in [0.717, 1.165) is 18.3 Å². The van der Waals surface area contributed by atoms with E-state index in [2.05, 4.69) is 16.2 Å². The van der Waals surface area contributed by atoms with Crippen LogP contribution in [0.4, 0.5) is 0 Å². The van der Waals surface area contributed by atoms with Crippen LogP contribution in [0.25, 0.3) is 0 Å². The van der Waals surface area contributed by atoms with Crippen LogP contribution in [0, 0.1) is 12.3 Å². The zero-order valence-corrected chi connectivity index (χ0v) is 12.7. The van der Waals surface area contributed by atoms with Crippen molar-refractivity contribution in [2.45, 2.75) is 6.92 Å². The third-order valence-electron chi connectivity index (χ3n) is 2.53. The minimum absolute atomic E-state index is 0.366. The Morgan fingerprint density at radius 1 is 1.45 bits per heavy atom. The number of terminal acetylenes is 1. The molecule has 1 rings (SSSR count). The van der Waals surface area contributed by atoms with Gasteiger partial charge in [-0.3, -0.25) is 0 Å². The summed E-state index contributed by atoms with van der Waals surface area (Å²) in [5.41, 5.74) is 0. The Balaban J connectivity index is 2.42. The summed E-state index contributed by atoms with van der Waals surface area (Å²) in [6.07, 6.45) is 5.22. The van der Waals surface area contributed by atoms with Gasteiger partial charge in [-0.05, 0) is 31.2 Å². The molecule has 1 aromatic carbocycles. The highest BCUT2D eigenvalue weighted by Gasteiger charge is 2.05. The topological polar surface area (TPSA) is 36.9 Å². The first-order valence-electron chi connectivity index (χ1n) is 6.48. The molecule has 0 unspecified atom stereocenters. The molecule has 0 saturated carbocycles. The van der Waals surface area contributed by atoms with Gasteiger partial charge in [0.05, 0.1) is 6.54 Å². The van der Waals surface area contributed by atoms with Gasteiger partial charge in [-0.1, -0.05) is 17.5 Å². The monoisotopic (exact) mass is 293 g/mol. The van der Waals surface area contributed by atoms with Crippen LogP contribution in [0.15, 0.2) is 29.3 Å². The molecule has 0 aliphatic carbocycles. The second-order valence-corrected chi connectivity index (χ2v) is 4.53. The van der Waals surface area contributed by atoms with Gasteiger partial charge in [0, 0.05) is 18.6 Å². The van der Waals surface area contributed by atoms with E-state index in [1.54, 1.807) is 12.1 Å². The van der Waals surface area contributed by atoms with E-state index in [4.69, 9.17) is 22.8 Å². The van der Waals surface area contributed by atoms with Crippen molar-refractivity contribution in [3.05, 3.63) is 29.3 Å². The third kappa shape index (κ3) is 5.85. The average Bonchev–Trinajstić information content (AvgIpc) is 2.45. The SMILES string of the molecule is C#CCN=C(NCC)N(C)CCOc1ccc(Cl)cc1. The molecule has 0 fully saturated rings. The van der Waals surface area contributed by atoms with Crippen LogP contribution < -0.4 is 10.1 Å². The van der Waals surface area contributed by atoms with Gasteiger partial charge in [0.25, 0.3) is 0 Å². The van der Waals surface area contributed by atoms with E-state index < -0.39 is 0 Å². The lowest BCUT2D eigenvalue weighted by molar-refractivity contribution is 0.281. The maximum atomic E-state index is 5.82. The summed E-state index contributed by atoms with van der Waals surface area (Å²) in [5.74, 6) is 4.08. The quantitative estimate of drug-likeness (QED) is 0.496. The summed E-state index contributed by atoms with van der Waals surface area (Å²) >= 11 is 5.82. The number of halogens is 1. The zero-order valence-electron chi connectivity index (χ0n) is 11.9. The molecule has 1 N–H and O–H groups in total. The Kier molecular flexibility index (Phi) is 7.38. The van der Waals surface area contributed by atoms with E-state index in [9.17, 15) is 0 Å². The van der Waals surface area contributed by atoms with E-state index in [-0.39, 0.29) is 0 Å². The lowest BCUT2D eigenvalue weighted by Crippen LogP contribution is -2.41. The Labute approximate surface area is 125 Å². The molecule has 0 spiro atoms. The number of rotatable bonds is 6. The molecular formula is C15H20ClN3O. The van der Waals surface area contributed by atoms with Gasteiger partial charge in [0.2, 0.25) is 0 Å². The summed E-state index contributed by atoms with van der Waals surface area (Å²) in [4.78, 5) is 6.27. The van der Waals surface area contributed by atoms with Crippen molar-refractivity contribution in [3.63, 3.8) is 0 Å². The second kappa shape index (κ2) is 9.11. The molecule has 0 aromatic heterocycles. The van der Waals surface area contributed by atoms with Crippen molar-refractivity contribution in [2.24, 2.45) is 4.99 Å². The first-order valence-corrected chi connectivity index (χ1v) is 6.86. The van der Waals surface area contributed by atoms with Crippen molar-refractivity contribution in [2.75, 3.05) is 33.3 Å². The first-order chi connectivity index (χ1) is 9.67. The smallest absolute Gasteiger partial charge is 0.194 e. The van der Waals surface area contributed by atoms with Crippen molar-refractivity contribution in [1.29, 1.82) is 0 Å². The molecule has 5 heteroatoms. The number of hydrogen-bond acceptors (Lipinski definition) is 2. The lowest BCUT2D eigenvalue weighted by atomic mass is 10.3. The van der Waals surface area contributed by atoms with E-state index in [1.807, 2.05) is 31.0 Å². The number of aliphatic imine (C=N–C) groups is 1. The maximum Gasteiger partial charge on any atom is 0.194 e. The molecule has 0 radical (unpaired) electrons. The lowest BCUT2D eigenvalue weighted by Gasteiger charge is -2.21. The first kappa shape index (κ1) is 16.2. The van der Waals surface area contributed by atoms with Crippen LogP contribution in [0.2, 0.25) is 5.02 Å². The molecule has 0 aliphatic heterocycles. The Bertz CT molecular complexity index is 465. The summed E-state index contributed by atoms with van der Waals surface area (Å²) < 4.78 is 5.64. The van der Waals surface area contributed by atoms with Crippen LogP contribution in [-0.2, 0) is 0 Å². The number of likely N-dealkylation sites (N-methyl/N-ethyl adjacent to an activating group) is 1. The molecule has 20 heavy (non-hydrogen) atoms. The van der Waals surface area contributed by atoms with Crippen LogP contribution in [0.3, 0.4) is 0 Å². The van der Waals surface area contributed by atoms with Gasteiger partial charge in [0.15, 0.2) is 5.96 Å². The Morgan fingerprint density at radius 2 is 2.15 bits per heavy atom. The third-order valence-corrected chi connectivity index (χ3v) is 2.78. The summed E-state index contributed by atoms with van der Waals surface area (Å²) in [6.45, 7) is 4.44. The predicted molar refractivity (Wildman–Crippen MR) is 84.4 cm³/mol. The van der Waals surface area contributed by atoms with Gasteiger partial charge < -0.3 is 15.0 Å².